The summed E-state index contributed by atoms with van der Waals surface area (Å²) in [5.74, 6) is 0.279. The van der Waals surface area contributed by atoms with Gasteiger partial charge in [-0.05, 0) is 18.9 Å². The SMILES string of the molecule is CC(C)C(C)NC(=O)CNc1c(Cl)cc(Cl)c2nsnc12. The number of nitrogens with zero attached hydrogens (tertiary/aromatic N) is 2. The largest absolute Gasteiger partial charge is 0.373 e. The molecule has 1 atom stereocenters. The van der Waals surface area contributed by atoms with E-state index in [4.69, 9.17) is 23.2 Å². The van der Waals surface area contributed by atoms with Crippen molar-refractivity contribution in [2.45, 2.75) is 26.8 Å². The molecular weight excluding hydrogens is 331 g/mol. The first-order chi connectivity index (χ1) is 9.90. The molecule has 1 aromatic heterocycles. The van der Waals surface area contributed by atoms with Crippen LogP contribution in [0.3, 0.4) is 0 Å². The van der Waals surface area contributed by atoms with Crippen molar-refractivity contribution in [3.05, 3.63) is 16.1 Å². The second kappa shape index (κ2) is 6.77. The van der Waals surface area contributed by atoms with E-state index in [9.17, 15) is 4.79 Å². The first kappa shape index (κ1) is 16.3. The standard InChI is InChI=1S/C13H16Cl2N4OS/c1-6(2)7(3)17-10(20)5-16-11-8(14)4-9(15)12-13(11)19-21-18-12/h4,6-7,16H,5H2,1-3H3,(H,17,20). The van der Waals surface area contributed by atoms with Crippen LogP contribution in [-0.2, 0) is 4.79 Å². The van der Waals surface area contributed by atoms with Crippen molar-refractivity contribution in [1.29, 1.82) is 0 Å². The van der Waals surface area contributed by atoms with Crippen LogP contribution in [0, 0.1) is 5.92 Å². The van der Waals surface area contributed by atoms with E-state index in [1.165, 1.54) is 0 Å². The molecule has 0 saturated heterocycles. The fraction of sp³-hybridized carbons (Fsp3) is 0.462. The van der Waals surface area contributed by atoms with Crippen LogP contribution in [0.4, 0.5) is 5.69 Å². The molecule has 2 aromatic rings. The van der Waals surface area contributed by atoms with E-state index >= 15 is 0 Å². The second-order valence-electron chi connectivity index (χ2n) is 5.13. The van der Waals surface area contributed by atoms with Crippen molar-refractivity contribution in [2.75, 3.05) is 11.9 Å². The number of nitrogens with one attached hydrogen (secondary N) is 2. The number of benzene rings is 1. The number of hydrogen-bond acceptors (Lipinski definition) is 5. The van der Waals surface area contributed by atoms with Gasteiger partial charge in [0.2, 0.25) is 5.91 Å². The number of carbonyl (C=O) groups is 1. The Morgan fingerprint density at radius 2 is 1.90 bits per heavy atom. The van der Waals surface area contributed by atoms with Crippen LogP contribution in [0.15, 0.2) is 6.07 Å². The van der Waals surface area contributed by atoms with Crippen LogP contribution >= 0.6 is 34.9 Å². The molecule has 1 aromatic carbocycles. The lowest BCUT2D eigenvalue weighted by Crippen LogP contribution is -2.39. The van der Waals surface area contributed by atoms with Crippen molar-refractivity contribution >= 4 is 57.6 Å². The maximum atomic E-state index is 11.9. The van der Waals surface area contributed by atoms with Crippen LogP contribution in [0.25, 0.3) is 11.0 Å². The van der Waals surface area contributed by atoms with E-state index in [0.29, 0.717) is 32.7 Å². The van der Waals surface area contributed by atoms with Crippen molar-refractivity contribution in [3.8, 4) is 0 Å². The van der Waals surface area contributed by atoms with Crippen molar-refractivity contribution in [2.24, 2.45) is 5.92 Å². The average molecular weight is 347 g/mol. The summed E-state index contributed by atoms with van der Waals surface area (Å²) in [5.41, 5.74) is 1.75. The van der Waals surface area contributed by atoms with Gasteiger partial charge in [0.05, 0.1) is 34.0 Å². The summed E-state index contributed by atoms with van der Waals surface area (Å²) in [4.78, 5) is 11.9. The van der Waals surface area contributed by atoms with Gasteiger partial charge >= 0.3 is 0 Å². The summed E-state index contributed by atoms with van der Waals surface area (Å²) in [7, 11) is 0. The van der Waals surface area contributed by atoms with E-state index in [1.54, 1.807) is 6.07 Å². The minimum atomic E-state index is -0.0986. The van der Waals surface area contributed by atoms with Crippen LogP contribution in [0.5, 0.6) is 0 Å². The molecule has 0 radical (unpaired) electrons. The predicted molar refractivity (Wildman–Crippen MR) is 88.4 cm³/mol. The molecule has 21 heavy (non-hydrogen) atoms. The topological polar surface area (TPSA) is 66.9 Å². The minimum absolute atomic E-state index is 0.0986. The van der Waals surface area contributed by atoms with E-state index in [1.807, 2.05) is 6.92 Å². The molecule has 0 bridgehead atoms. The van der Waals surface area contributed by atoms with Gasteiger partial charge in [0.25, 0.3) is 0 Å². The highest BCUT2D eigenvalue weighted by molar-refractivity contribution is 7.00. The third-order valence-electron chi connectivity index (χ3n) is 3.26. The van der Waals surface area contributed by atoms with E-state index < -0.39 is 0 Å². The van der Waals surface area contributed by atoms with Gasteiger partial charge in [-0.1, -0.05) is 37.0 Å². The zero-order valence-electron chi connectivity index (χ0n) is 11.9. The minimum Gasteiger partial charge on any atom is -0.373 e. The van der Waals surface area contributed by atoms with Gasteiger partial charge < -0.3 is 10.6 Å². The molecule has 0 saturated carbocycles. The highest BCUT2D eigenvalue weighted by atomic mass is 35.5. The molecule has 0 aliphatic heterocycles. The Bertz CT molecular complexity index is 659. The van der Waals surface area contributed by atoms with Gasteiger partial charge in [0.1, 0.15) is 11.0 Å². The summed E-state index contributed by atoms with van der Waals surface area (Å²) in [6.45, 7) is 6.20. The molecule has 114 valence electrons. The Balaban J connectivity index is 2.10. The molecule has 1 unspecified atom stereocenters. The van der Waals surface area contributed by atoms with Gasteiger partial charge in [-0.2, -0.15) is 8.75 Å². The molecular formula is C13H16Cl2N4OS. The molecule has 8 heteroatoms. The average Bonchev–Trinajstić information content (AvgIpc) is 2.87. The Morgan fingerprint density at radius 1 is 1.24 bits per heavy atom. The third kappa shape index (κ3) is 3.75. The molecule has 0 aliphatic rings. The number of aromatic nitrogens is 2. The normalized spacial score (nSPS) is 12.7. The third-order valence-corrected chi connectivity index (χ3v) is 4.37. The number of anilines is 1. The quantitative estimate of drug-likeness (QED) is 0.868. The zero-order valence-corrected chi connectivity index (χ0v) is 14.2. The number of carbonyl (C=O) groups excluding carboxylic acids is 1. The highest BCUT2D eigenvalue weighted by Crippen LogP contribution is 2.34. The van der Waals surface area contributed by atoms with Crippen LogP contribution < -0.4 is 10.6 Å². The van der Waals surface area contributed by atoms with Gasteiger partial charge in [-0.3, -0.25) is 4.79 Å². The van der Waals surface area contributed by atoms with E-state index in [2.05, 4.69) is 33.2 Å². The molecule has 0 aliphatic carbocycles. The Hall–Kier alpha value is -1.11. The first-order valence-corrected chi connectivity index (χ1v) is 8.02. The van der Waals surface area contributed by atoms with Gasteiger partial charge in [-0.25, -0.2) is 0 Å². The lowest BCUT2D eigenvalue weighted by atomic mass is 10.1. The highest BCUT2D eigenvalue weighted by Gasteiger charge is 2.16. The fourth-order valence-electron chi connectivity index (χ4n) is 1.68. The predicted octanol–water partition coefficient (Wildman–Crippen LogP) is 3.57. The zero-order chi connectivity index (χ0) is 15.6. The van der Waals surface area contributed by atoms with Crippen LogP contribution in [0.1, 0.15) is 20.8 Å². The summed E-state index contributed by atoms with van der Waals surface area (Å²) < 4.78 is 8.29. The van der Waals surface area contributed by atoms with Gasteiger partial charge in [-0.15, -0.1) is 0 Å². The first-order valence-electron chi connectivity index (χ1n) is 6.53. The Kier molecular flexibility index (Phi) is 5.24. The molecule has 2 rings (SSSR count). The maximum Gasteiger partial charge on any atom is 0.239 e. The summed E-state index contributed by atoms with van der Waals surface area (Å²) >= 11 is 13.3. The van der Waals surface area contributed by atoms with Gasteiger partial charge in [0, 0.05) is 6.04 Å². The lowest BCUT2D eigenvalue weighted by molar-refractivity contribution is -0.120. The number of halogens is 2. The Labute approximate surface area is 137 Å². The number of hydrogen-bond donors (Lipinski definition) is 2. The second-order valence-corrected chi connectivity index (χ2v) is 6.47. The fourth-order valence-corrected chi connectivity index (χ4v) is 2.86. The maximum absolute atomic E-state index is 11.9. The summed E-state index contributed by atoms with van der Waals surface area (Å²) in [6.07, 6.45) is 0. The van der Waals surface area contributed by atoms with Crippen molar-refractivity contribution in [1.82, 2.24) is 14.1 Å². The van der Waals surface area contributed by atoms with Crippen LogP contribution in [-0.4, -0.2) is 27.2 Å². The smallest absolute Gasteiger partial charge is 0.239 e. The van der Waals surface area contributed by atoms with Gasteiger partial charge in [0.15, 0.2) is 0 Å². The number of fused-ring (bicyclic) bond motifs is 1. The molecule has 0 spiro atoms. The van der Waals surface area contributed by atoms with Crippen LogP contribution in [0.2, 0.25) is 10.0 Å². The monoisotopic (exact) mass is 346 g/mol. The molecule has 5 nitrogen and oxygen atoms in total. The lowest BCUT2D eigenvalue weighted by Gasteiger charge is -2.18. The Morgan fingerprint density at radius 3 is 2.57 bits per heavy atom. The molecule has 1 amide bonds. The summed E-state index contributed by atoms with van der Waals surface area (Å²) in [6, 6.07) is 1.71. The van der Waals surface area contributed by atoms with Crippen molar-refractivity contribution in [3.63, 3.8) is 0 Å². The molecule has 0 fully saturated rings. The molecule has 2 N–H and O–H groups in total. The number of rotatable bonds is 5. The van der Waals surface area contributed by atoms with E-state index in [0.717, 1.165) is 11.7 Å². The van der Waals surface area contributed by atoms with Crippen molar-refractivity contribution < 1.29 is 4.79 Å². The molecule has 1 heterocycles. The number of amides is 1. The summed E-state index contributed by atoms with van der Waals surface area (Å²) in [5, 5.41) is 6.81. The van der Waals surface area contributed by atoms with E-state index in [-0.39, 0.29) is 18.5 Å².